The van der Waals surface area contributed by atoms with E-state index in [1.54, 1.807) is 0 Å². The van der Waals surface area contributed by atoms with Crippen molar-refractivity contribution in [2.75, 3.05) is 0 Å². The van der Waals surface area contributed by atoms with E-state index in [9.17, 15) is 18.3 Å². The molecule has 0 aliphatic carbocycles. The summed E-state index contributed by atoms with van der Waals surface area (Å²) >= 11 is 0. The fraction of sp³-hybridized carbons (Fsp3) is 0. The summed E-state index contributed by atoms with van der Waals surface area (Å²) in [5.74, 6) is 0. The maximum absolute atomic E-state index is 10.7. The van der Waals surface area contributed by atoms with E-state index in [2.05, 4.69) is 12.9 Å². The highest BCUT2D eigenvalue weighted by Gasteiger charge is 2.43. The Morgan fingerprint density at radius 1 is 0.476 bits per heavy atom. The molecule has 136 valence electrons. The SMILES string of the molecule is N.N.N.N.O=P(O)(O)OP(=O)(O)OP(=O)(O)OP(=O)(O)O. The van der Waals surface area contributed by atoms with Crippen LogP contribution in [0.1, 0.15) is 0 Å². The Kier molecular flexibility index (Phi) is 16.1. The fourth-order valence-electron chi connectivity index (χ4n) is 0.429. The van der Waals surface area contributed by atoms with Crippen molar-refractivity contribution in [3.05, 3.63) is 0 Å². The minimum Gasteiger partial charge on any atom is -0.344 e. The highest BCUT2D eigenvalue weighted by Crippen LogP contribution is 2.69. The van der Waals surface area contributed by atoms with Crippen molar-refractivity contribution in [1.82, 2.24) is 24.6 Å². The molecule has 0 aromatic carbocycles. The summed E-state index contributed by atoms with van der Waals surface area (Å²) in [6, 6.07) is 0. The molecule has 0 saturated heterocycles. The van der Waals surface area contributed by atoms with Crippen LogP contribution < -0.4 is 24.6 Å². The quantitative estimate of drug-likeness (QED) is 0.260. The van der Waals surface area contributed by atoms with E-state index >= 15 is 0 Å². The molecule has 0 aromatic heterocycles. The monoisotopic (exact) mass is 406 g/mol. The van der Waals surface area contributed by atoms with Crippen LogP contribution in [0.3, 0.4) is 0 Å². The zero-order valence-corrected chi connectivity index (χ0v) is 13.7. The van der Waals surface area contributed by atoms with E-state index in [1.165, 1.54) is 0 Å². The third-order valence-corrected chi connectivity index (χ3v) is 5.63. The smallest absolute Gasteiger partial charge is 0.344 e. The van der Waals surface area contributed by atoms with E-state index in [0.717, 1.165) is 0 Å². The molecular formula is H18N4O13P4. The van der Waals surface area contributed by atoms with Crippen LogP contribution in [0, 0.1) is 0 Å². The lowest BCUT2D eigenvalue weighted by Gasteiger charge is -2.15. The summed E-state index contributed by atoms with van der Waals surface area (Å²) in [5, 5.41) is 0. The van der Waals surface area contributed by atoms with Crippen molar-refractivity contribution in [3.8, 4) is 0 Å². The van der Waals surface area contributed by atoms with Crippen LogP contribution in [0.5, 0.6) is 0 Å². The third kappa shape index (κ3) is 20.4. The van der Waals surface area contributed by atoms with Crippen molar-refractivity contribution < 1.29 is 60.6 Å². The molecular weight excluding hydrogens is 388 g/mol. The Morgan fingerprint density at radius 2 is 0.667 bits per heavy atom. The Labute approximate surface area is 117 Å². The second-order valence-electron chi connectivity index (χ2n) is 2.16. The molecule has 0 heterocycles. The number of phosphoric acid groups is 4. The molecule has 0 spiro atoms. The zero-order chi connectivity index (χ0) is 14.1. The molecule has 0 aliphatic rings. The van der Waals surface area contributed by atoms with Gasteiger partial charge in [0.2, 0.25) is 0 Å². The largest absolute Gasteiger partial charge is 0.490 e. The van der Waals surface area contributed by atoms with Crippen LogP contribution in [0.15, 0.2) is 0 Å². The average Bonchev–Trinajstić information content (AvgIpc) is 1.65. The van der Waals surface area contributed by atoms with Gasteiger partial charge in [-0.05, 0) is 0 Å². The highest BCUT2D eigenvalue weighted by atomic mass is 31.3. The second-order valence-corrected chi connectivity index (χ2v) is 7.96. The van der Waals surface area contributed by atoms with Gasteiger partial charge < -0.3 is 54.0 Å². The van der Waals surface area contributed by atoms with E-state index < -0.39 is 31.3 Å². The molecule has 0 saturated carbocycles. The summed E-state index contributed by atoms with van der Waals surface area (Å²) < 4.78 is 50.9. The van der Waals surface area contributed by atoms with Gasteiger partial charge in [0.15, 0.2) is 0 Å². The van der Waals surface area contributed by atoms with Gasteiger partial charge in [0.05, 0.1) is 0 Å². The number of hydrogen-bond acceptors (Lipinski definition) is 11. The van der Waals surface area contributed by atoms with Gasteiger partial charge in [0, 0.05) is 0 Å². The standard InChI is InChI=1S/4H3N.H6O13P4/c;;;;1-14(2,3)11-16(7,8)13-17(9,10)12-15(4,5)6/h4*1H3;(H,7,8)(H,9,10)(H2,1,2,3)(H2,4,5,6). The number of rotatable bonds is 6. The summed E-state index contributed by atoms with van der Waals surface area (Å²) in [5.41, 5.74) is 0. The fourth-order valence-corrected chi connectivity index (χ4v) is 4.40. The summed E-state index contributed by atoms with van der Waals surface area (Å²) in [6.45, 7) is 0. The summed E-state index contributed by atoms with van der Waals surface area (Å²) in [7, 11) is -22.6. The average molecular weight is 406 g/mol. The van der Waals surface area contributed by atoms with Gasteiger partial charge in [-0.15, -0.1) is 0 Å². The lowest BCUT2D eigenvalue weighted by atomic mass is 14.0. The van der Waals surface area contributed by atoms with Crippen molar-refractivity contribution in [1.29, 1.82) is 0 Å². The van der Waals surface area contributed by atoms with Crippen LogP contribution in [-0.2, 0) is 31.2 Å². The van der Waals surface area contributed by atoms with Gasteiger partial charge in [0.1, 0.15) is 0 Å². The molecule has 0 amide bonds. The first-order chi connectivity index (χ1) is 7.12. The molecule has 2 atom stereocenters. The predicted octanol–water partition coefficient (Wildman–Crippen LogP) is 0.0704. The van der Waals surface area contributed by atoms with E-state index in [0.29, 0.717) is 0 Å². The van der Waals surface area contributed by atoms with Gasteiger partial charge in [-0.25, -0.2) is 18.3 Å². The molecule has 0 radical (unpaired) electrons. The van der Waals surface area contributed by atoms with Crippen molar-refractivity contribution >= 4 is 31.3 Å². The molecule has 21 heavy (non-hydrogen) atoms. The van der Waals surface area contributed by atoms with Crippen LogP contribution >= 0.6 is 31.3 Å². The van der Waals surface area contributed by atoms with Gasteiger partial charge in [-0.3, -0.25) is 0 Å². The van der Waals surface area contributed by atoms with Gasteiger partial charge in [-0.1, -0.05) is 0 Å². The maximum atomic E-state index is 10.7. The molecule has 0 bridgehead atoms. The lowest BCUT2D eigenvalue weighted by Crippen LogP contribution is -1.95. The molecule has 0 aromatic rings. The highest BCUT2D eigenvalue weighted by molar-refractivity contribution is 7.69. The minimum atomic E-state index is -5.77. The van der Waals surface area contributed by atoms with Crippen LogP contribution in [0.2, 0.25) is 0 Å². The molecule has 0 aliphatic heterocycles. The Bertz CT molecular complexity index is 417. The molecule has 2 unspecified atom stereocenters. The normalized spacial score (nSPS) is 16.7. The summed E-state index contributed by atoms with van der Waals surface area (Å²) in [4.78, 5) is 49.4. The van der Waals surface area contributed by atoms with Crippen LogP contribution in [0.4, 0.5) is 0 Å². The van der Waals surface area contributed by atoms with E-state index in [-0.39, 0.29) is 24.6 Å². The Morgan fingerprint density at radius 3 is 0.810 bits per heavy atom. The zero-order valence-electron chi connectivity index (χ0n) is 10.2. The lowest BCUT2D eigenvalue weighted by molar-refractivity contribution is 0.194. The first kappa shape index (κ1) is 33.1. The first-order valence-corrected chi connectivity index (χ1v) is 9.08. The number of hydrogen-bond donors (Lipinski definition) is 10. The first-order valence-electron chi connectivity index (χ1n) is 3.03. The second kappa shape index (κ2) is 10.2. The van der Waals surface area contributed by atoms with Gasteiger partial charge in [0.25, 0.3) is 0 Å². The molecule has 0 rings (SSSR count). The minimum absolute atomic E-state index is 0. The maximum Gasteiger partial charge on any atom is 0.490 e. The Hall–Kier alpha value is 0.400. The van der Waals surface area contributed by atoms with Crippen LogP contribution in [-0.4, -0.2) is 29.4 Å². The molecule has 17 nitrogen and oxygen atoms in total. The third-order valence-electron chi connectivity index (χ3n) is 0.625. The van der Waals surface area contributed by atoms with Crippen molar-refractivity contribution in [2.24, 2.45) is 0 Å². The van der Waals surface area contributed by atoms with E-state index in [1.807, 2.05) is 0 Å². The van der Waals surface area contributed by atoms with Crippen LogP contribution in [0.25, 0.3) is 0 Å². The van der Waals surface area contributed by atoms with Gasteiger partial charge >= 0.3 is 31.3 Å². The molecule has 21 heteroatoms. The predicted molar refractivity (Wildman–Crippen MR) is 67.1 cm³/mol. The molecule has 0 fully saturated rings. The Balaban J connectivity index is -0.000000213. The molecule has 18 N–H and O–H groups in total. The van der Waals surface area contributed by atoms with Crippen molar-refractivity contribution in [3.63, 3.8) is 0 Å². The summed E-state index contributed by atoms with van der Waals surface area (Å²) in [6.07, 6.45) is 0. The topological polar surface area (TPSA) is 357 Å². The van der Waals surface area contributed by atoms with E-state index in [4.69, 9.17) is 29.4 Å². The van der Waals surface area contributed by atoms with Crippen molar-refractivity contribution in [2.45, 2.75) is 0 Å². The van der Waals surface area contributed by atoms with Gasteiger partial charge in [-0.2, -0.15) is 12.9 Å².